The SMILES string of the molecule is COc1ccc(-c2nc(CCCCCNO)oc2-c2ccc(OC)cc2)cc1. The monoisotopic (exact) mass is 382 g/mol. The second-order valence-electron chi connectivity index (χ2n) is 6.46. The smallest absolute Gasteiger partial charge is 0.195 e. The van der Waals surface area contributed by atoms with Crippen LogP contribution in [-0.4, -0.2) is 31.0 Å². The number of hydroxylamine groups is 1. The number of methoxy groups -OCH3 is 2. The maximum atomic E-state index is 8.65. The molecule has 0 radical (unpaired) electrons. The van der Waals surface area contributed by atoms with Crippen LogP contribution >= 0.6 is 0 Å². The van der Waals surface area contributed by atoms with Gasteiger partial charge >= 0.3 is 0 Å². The van der Waals surface area contributed by atoms with E-state index in [1.807, 2.05) is 48.5 Å². The highest BCUT2D eigenvalue weighted by molar-refractivity contribution is 5.77. The highest BCUT2D eigenvalue weighted by Crippen LogP contribution is 2.34. The molecule has 148 valence electrons. The Morgan fingerprint density at radius 2 is 1.46 bits per heavy atom. The van der Waals surface area contributed by atoms with E-state index in [1.54, 1.807) is 14.2 Å². The van der Waals surface area contributed by atoms with Gasteiger partial charge in [-0.05, 0) is 61.4 Å². The number of ether oxygens (including phenoxy) is 2. The molecule has 6 heteroatoms. The number of unbranched alkanes of at least 4 members (excludes halogenated alkanes) is 2. The summed E-state index contributed by atoms with van der Waals surface area (Å²) in [6.45, 7) is 0.597. The van der Waals surface area contributed by atoms with Gasteiger partial charge in [-0.15, -0.1) is 0 Å². The van der Waals surface area contributed by atoms with Crippen LogP contribution in [0.5, 0.6) is 11.5 Å². The van der Waals surface area contributed by atoms with E-state index in [-0.39, 0.29) is 0 Å². The lowest BCUT2D eigenvalue weighted by molar-refractivity contribution is 0.164. The number of aryl methyl sites for hydroxylation is 1. The highest BCUT2D eigenvalue weighted by atomic mass is 16.5. The molecule has 6 nitrogen and oxygen atoms in total. The van der Waals surface area contributed by atoms with Gasteiger partial charge in [-0.25, -0.2) is 10.5 Å². The summed E-state index contributed by atoms with van der Waals surface area (Å²) in [4.78, 5) is 4.77. The molecule has 0 fully saturated rings. The van der Waals surface area contributed by atoms with E-state index < -0.39 is 0 Å². The standard InChI is InChI=1S/C22H26N2O4/c1-26-18-11-7-16(8-12-18)21-22(17-9-13-19(27-2)14-10-17)28-20(24-21)6-4-3-5-15-23-25/h7-14,23,25H,3-6,15H2,1-2H3. The van der Waals surface area contributed by atoms with E-state index >= 15 is 0 Å². The van der Waals surface area contributed by atoms with Crippen LogP contribution in [0.2, 0.25) is 0 Å². The lowest BCUT2D eigenvalue weighted by Crippen LogP contribution is -2.08. The maximum Gasteiger partial charge on any atom is 0.195 e. The van der Waals surface area contributed by atoms with Crippen LogP contribution in [0.25, 0.3) is 22.6 Å². The van der Waals surface area contributed by atoms with Gasteiger partial charge in [0.25, 0.3) is 0 Å². The van der Waals surface area contributed by atoms with Crippen molar-refractivity contribution in [2.45, 2.75) is 25.7 Å². The molecule has 0 saturated carbocycles. The summed E-state index contributed by atoms with van der Waals surface area (Å²) in [5.74, 6) is 3.07. The van der Waals surface area contributed by atoms with Crippen molar-refractivity contribution in [3.05, 3.63) is 54.4 Å². The maximum absolute atomic E-state index is 8.65. The zero-order valence-corrected chi connectivity index (χ0v) is 16.3. The van der Waals surface area contributed by atoms with E-state index in [0.717, 1.165) is 59.8 Å². The second-order valence-corrected chi connectivity index (χ2v) is 6.46. The van der Waals surface area contributed by atoms with Gasteiger partial charge in [0.15, 0.2) is 11.7 Å². The minimum absolute atomic E-state index is 0.597. The number of oxazole rings is 1. The van der Waals surface area contributed by atoms with E-state index in [2.05, 4.69) is 5.48 Å². The normalized spacial score (nSPS) is 10.8. The van der Waals surface area contributed by atoms with E-state index in [1.165, 1.54) is 0 Å². The summed E-state index contributed by atoms with van der Waals surface area (Å²) in [6, 6.07) is 15.6. The third-order valence-electron chi connectivity index (χ3n) is 4.57. The molecular formula is C22H26N2O4. The van der Waals surface area contributed by atoms with Crippen LogP contribution in [0.4, 0.5) is 0 Å². The largest absolute Gasteiger partial charge is 0.497 e. The Balaban J connectivity index is 1.87. The van der Waals surface area contributed by atoms with Crippen molar-refractivity contribution in [1.29, 1.82) is 0 Å². The topological polar surface area (TPSA) is 76.8 Å². The van der Waals surface area contributed by atoms with Gasteiger partial charge in [-0.3, -0.25) is 0 Å². The summed E-state index contributed by atoms with van der Waals surface area (Å²) in [5, 5.41) is 8.65. The zero-order chi connectivity index (χ0) is 19.8. The third-order valence-corrected chi connectivity index (χ3v) is 4.57. The first kappa shape index (κ1) is 19.9. The summed E-state index contributed by atoms with van der Waals surface area (Å²) in [6.07, 6.45) is 3.61. The first-order chi connectivity index (χ1) is 13.7. The molecule has 0 aliphatic heterocycles. The molecule has 2 N–H and O–H groups in total. The minimum atomic E-state index is 0.597. The molecule has 0 bridgehead atoms. The van der Waals surface area contributed by atoms with Gasteiger partial charge in [0.05, 0.1) is 14.2 Å². The summed E-state index contributed by atoms with van der Waals surface area (Å²) < 4.78 is 16.7. The molecule has 1 aromatic heterocycles. The molecule has 0 aliphatic rings. The number of aromatic nitrogens is 1. The Hall–Kier alpha value is -2.83. The Morgan fingerprint density at radius 3 is 2.04 bits per heavy atom. The summed E-state index contributed by atoms with van der Waals surface area (Å²) >= 11 is 0. The Bertz CT molecular complexity index is 792. The van der Waals surface area contributed by atoms with Crippen LogP contribution in [0.15, 0.2) is 52.9 Å². The molecular weight excluding hydrogens is 356 g/mol. The van der Waals surface area contributed by atoms with Gasteiger partial charge in [0.2, 0.25) is 0 Å². The van der Waals surface area contributed by atoms with Crippen LogP contribution in [0.1, 0.15) is 25.2 Å². The van der Waals surface area contributed by atoms with Gasteiger partial charge < -0.3 is 19.1 Å². The van der Waals surface area contributed by atoms with E-state index in [4.69, 9.17) is 24.1 Å². The van der Waals surface area contributed by atoms with Crippen LogP contribution in [0.3, 0.4) is 0 Å². The number of rotatable bonds is 10. The van der Waals surface area contributed by atoms with Gasteiger partial charge in [-0.2, -0.15) is 0 Å². The number of hydrogen-bond acceptors (Lipinski definition) is 6. The molecule has 3 rings (SSSR count). The van der Waals surface area contributed by atoms with Crippen molar-refractivity contribution < 1.29 is 19.1 Å². The molecule has 0 saturated heterocycles. The molecule has 0 atom stereocenters. The average Bonchev–Trinajstić information content (AvgIpc) is 3.18. The van der Waals surface area contributed by atoms with E-state index in [9.17, 15) is 0 Å². The lowest BCUT2D eigenvalue weighted by Gasteiger charge is -2.04. The van der Waals surface area contributed by atoms with Crippen molar-refractivity contribution in [3.63, 3.8) is 0 Å². The average molecular weight is 382 g/mol. The molecule has 0 amide bonds. The van der Waals surface area contributed by atoms with Crippen molar-refractivity contribution in [1.82, 2.24) is 10.5 Å². The minimum Gasteiger partial charge on any atom is -0.497 e. The van der Waals surface area contributed by atoms with Crippen LogP contribution in [0, 0.1) is 0 Å². The molecule has 1 heterocycles. The Labute approximate surface area is 165 Å². The number of nitrogens with zero attached hydrogens (tertiary/aromatic N) is 1. The fraction of sp³-hybridized carbons (Fsp3) is 0.318. The van der Waals surface area contributed by atoms with Crippen molar-refractivity contribution in [2.24, 2.45) is 0 Å². The van der Waals surface area contributed by atoms with Crippen molar-refractivity contribution in [3.8, 4) is 34.1 Å². The van der Waals surface area contributed by atoms with E-state index in [0.29, 0.717) is 12.4 Å². The fourth-order valence-corrected chi connectivity index (χ4v) is 3.01. The molecule has 3 aromatic rings. The highest BCUT2D eigenvalue weighted by Gasteiger charge is 2.17. The van der Waals surface area contributed by atoms with Gasteiger partial charge in [-0.1, -0.05) is 6.42 Å². The van der Waals surface area contributed by atoms with Crippen molar-refractivity contribution in [2.75, 3.05) is 20.8 Å². The predicted molar refractivity (Wildman–Crippen MR) is 108 cm³/mol. The number of hydrogen-bond donors (Lipinski definition) is 2. The van der Waals surface area contributed by atoms with Crippen molar-refractivity contribution >= 4 is 0 Å². The molecule has 0 unspecified atom stereocenters. The quantitative estimate of drug-likeness (QED) is 0.390. The molecule has 28 heavy (non-hydrogen) atoms. The first-order valence-electron chi connectivity index (χ1n) is 9.40. The molecule has 2 aromatic carbocycles. The lowest BCUT2D eigenvalue weighted by atomic mass is 10.1. The summed E-state index contributed by atoms with van der Waals surface area (Å²) in [5.41, 5.74) is 4.93. The van der Waals surface area contributed by atoms with Gasteiger partial charge in [0.1, 0.15) is 17.2 Å². The predicted octanol–water partition coefficient (Wildman–Crippen LogP) is 4.72. The zero-order valence-electron chi connectivity index (χ0n) is 16.3. The number of benzene rings is 2. The molecule has 0 aliphatic carbocycles. The Kier molecular flexibility index (Phi) is 7.06. The van der Waals surface area contributed by atoms with Crippen LogP contribution < -0.4 is 15.0 Å². The second kappa shape index (κ2) is 9.92. The summed E-state index contributed by atoms with van der Waals surface area (Å²) in [7, 11) is 3.30. The molecule has 0 spiro atoms. The third kappa shape index (κ3) is 4.91. The number of nitrogens with one attached hydrogen (secondary N) is 1. The van der Waals surface area contributed by atoms with Crippen LogP contribution in [-0.2, 0) is 6.42 Å². The Morgan fingerprint density at radius 1 is 0.857 bits per heavy atom. The first-order valence-corrected chi connectivity index (χ1v) is 9.40. The fourth-order valence-electron chi connectivity index (χ4n) is 3.01. The van der Waals surface area contributed by atoms with Gasteiger partial charge in [0, 0.05) is 24.1 Å².